The van der Waals surface area contributed by atoms with Crippen LogP contribution in [0, 0.1) is 0 Å². The number of hydrogen-bond donors (Lipinski definition) is 0. The zero-order valence-electron chi connectivity index (χ0n) is 7.90. The number of benzene rings is 1. The second kappa shape index (κ2) is 2.98. The largest absolute Gasteiger partial charge is 0.488 e. The molecule has 3 nitrogen and oxygen atoms in total. The Morgan fingerprint density at radius 2 is 2.07 bits per heavy atom. The van der Waals surface area contributed by atoms with Gasteiger partial charge in [0.2, 0.25) is 0 Å². The van der Waals surface area contributed by atoms with Crippen LogP contribution in [0.15, 0.2) is 39.6 Å². The highest BCUT2D eigenvalue weighted by atomic mass is 16.5. The molecule has 0 radical (unpaired) electrons. The Balaban J connectivity index is 2.42. The van der Waals surface area contributed by atoms with Crippen molar-refractivity contribution in [1.29, 1.82) is 0 Å². The average molecular weight is 200 g/mol. The normalized spacial score (nSPS) is 13.6. The summed E-state index contributed by atoms with van der Waals surface area (Å²) in [5.41, 5.74) is 1.24. The Morgan fingerprint density at radius 3 is 3.00 bits per heavy atom. The lowest BCUT2D eigenvalue weighted by Crippen LogP contribution is -2.02. The van der Waals surface area contributed by atoms with Crippen LogP contribution in [0.3, 0.4) is 0 Å². The molecule has 0 aliphatic carbocycles. The summed E-state index contributed by atoms with van der Waals surface area (Å²) in [5, 5.41) is 0.844. The van der Waals surface area contributed by atoms with Gasteiger partial charge in [0, 0.05) is 11.6 Å². The van der Waals surface area contributed by atoms with E-state index in [-0.39, 0.29) is 5.63 Å². The lowest BCUT2D eigenvalue weighted by atomic mass is 10.1. The summed E-state index contributed by atoms with van der Waals surface area (Å²) in [6, 6.07) is 6.81. The first-order chi connectivity index (χ1) is 7.34. The monoisotopic (exact) mass is 200 g/mol. The molecule has 1 aromatic heterocycles. The third-order valence-corrected chi connectivity index (χ3v) is 2.40. The molecule has 0 saturated carbocycles. The number of fused-ring (bicyclic) bond motifs is 3. The maximum absolute atomic E-state index is 11.0. The van der Waals surface area contributed by atoms with Crippen molar-refractivity contribution in [3.05, 3.63) is 46.3 Å². The van der Waals surface area contributed by atoms with Gasteiger partial charge >= 0.3 is 5.63 Å². The van der Waals surface area contributed by atoms with Gasteiger partial charge < -0.3 is 9.15 Å². The fourth-order valence-electron chi connectivity index (χ4n) is 1.74. The minimum Gasteiger partial charge on any atom is -0.488 e. The molecule has 0 fully saturated rings. The van der Waals surface area contributed by atoms with Crippen molar-refractivity contribution in [2.24, 2.45) is 0 Å². The van der Waals surface area contributed by atoms with Gasteiger partial charge in [-0.2, -0.15) is 0 Å². The average Bonchev–Trinajstić information content (AvgIpc) is 2.28. The van der Waals surface area contributed by atoms with Gasteiger partial charge in [0.15, 0.2) is 0 Å². The molecule has 2 aromatic rings. The summed E-state index contributed by atoms with van der Waals surface area (Å²) in [7, 11) is 0. The maximum atomic E-state index is 11.0. The van der Waals surface area contributed by atoms with Gasteiger partial charge in [-0.3, -0.25) is 0 Å². The van der Waals surface area contributed by atoms with E-state index in [1.165, 1.54) is 6.07 Å². The quantitative estimate of drug-likeness (QED) is 0.612. The lowest BCUT2D eigenvalue weighted by Gasteiger charge is -2.13. The van der Waals surface area contributed by atoms with E-state index < -0.39 is 0 Å². The molecule has 3 heteroatoms. The first-order valence-corrected chi connectivity index (χ1v) is 4.71. The number of hydrogen-bond acceptors (Lipinski definition) is 3. The van der Waals surface area contributed by atoms with E-state index in [0.29, 0.717) is 12.2 Å². The third-order valence-electron chi connectivity index (χ3n) is 2.40. The highest BCUT2D eigenvalue weighted by Gasteiger charge is 2.11. The molecule has 15 heavy (non-hydrogen) atoms. The fraction of sp³-hybridized carbons (Fsp3) is 0.0833. The van der Waals surface area contributed by atoms with Crippen LogP contribution >= 0.6 is 0 Å². The van der Waals surface area contributed by atoms with Gasteiger partial charge in [0.1, 0.15) is 17.9 Å². The van der Waals surface area contributed by atoms with E-state index in [9.17, 15) is 4.79 Å². The summed E-state index contributed by atoms with van der Waals surface area (Å²) in [5.74, 6) is 0.791. The molecule has 0 spiro atoms. The molecule has 0 bridgehead atoms. The van der Waals surface area contributed by atoms with Crippen molar-refractivity contribution in [3.8, 4) is 5.75 Å². The van der Waals surface area contributed by atoms with Crippen molar-refractivity contribution in [1.82, 2.24) is 0 Å². The van der Waals surface area contributed by atoms with Crippen LogP contribution in [0.25, 0.3) is 17.0 Å². The van der Waals surface area contributed by atoms with Crippen LogP contribution in [0.4, 0.5) is 0 Å². The molecule has 2 heterocycles. The molecule has 1 aliphatic heterocycles. The SMILES string of the molecule is O=c1ccc2c3c(ccc2o1)C=CCO3. The van der Waals surface area contributed by atoms with E-state index in [4.69, 9.17) is 9.15 Å². The minimum atomic E-state index is -0.339. The van der Waals surface area contributed by atoms with Crippen LogP contribution in [0.1, 0.15) is 5.56 Å². The van der Waals surface area contributed by atoms with Gasteiger partial charge in [-0.25, -0.2) is 4.79 Å². The van der Waals surface area contributed by atoms with E-state index in [1.807, 2.05) is 18.2 Å². The Bertz CT molecular complexity index is 608. The number of ether oxygens (including phenoxy) is 1. The molecule has 74 valence electrons. The zero-order valence-corrected chi connectivity index (χ0v) is 7.90. The summed E-state index contributed by atoms with van der Waals surface area (Å²) >= 11 is 0. The van der Waals surface area contributed by atoms with Gasteiger partial charge in [0.05, 0.1) is 5.39 Å². The van der Waals surface area contributed by atoms with Crippen LogP contribution < -0.4 is 10.4 Å². The van der Waals surface area contributed by atoms with Crippen molar-refractivity contribution in [3.63, 3.8) is 0 Å². The molecular weight excluding hydrogens is 192 g/mol. The van der Waals surface area contributed by atoms with Crippen LogP contribution in [-0.2, 0) is 0 Å². The van der Waals surface area contributed by atoms with Gasteiger partial charge in [-0.05, 0) is 24.3 Å². The molecule has 0 atom stereocenters. The van der Waals surface area contributed by atoms with Crippen LogP contribution in [-0.4, -0.2) is 6.61 Å². The highest BCUT2D eigenvalue weighted by molar-refractivity contribution is 5.88. The molecular formula is C12H8O3. The van der Waals surface area contributed by atoms with Crippen molar-refractivity contribution < 1.29 is 9.15 Å². The standard InChI is InChI=1S/C12H8O3/c13-11-6-4-9-10(15-11)5-3-8-2-1-7-14-12(8)9/h1-6H,7H2. The van der Waals surface area contributed by atoms with E-state index in [1.54, 1.807) is 12.1 Å². The molecule has 0 unspecified atom stereocenters. The van der Waals surface area contributed by atoms with E-state index in [2.05, 4.69) is 0 Å². The first kappa shape index (κ1) is 8.29. The minimum absolute atomic E-state index is 0.339. The Morgan fingerprint density at radius 1 is 1.13 bits per heavy atom. The Hall–Kier alpha value is -2.03. The van der Waals surface area contributed by atoms with Gasteiger partial charge in [0.25, 0.3) is 0 Å². The fourth-order valence-corrected chi connectivity index (χ4v) is 1.74. The third kappa shape index (κ3) is 1.24. The van der Waals surface area contributed by atoms with Crippen LogP contribution in [0.2, 0.25) is 0 Å². The maximum Gasteiger partial charge on any atom is 0.336 e. The Kier molecular flexibility index (Phi) is 1.65. The second-order valence-electron chi connectivity index (χ2n) is 3.36. The van der Waals surface area contributed by atoms with Crippen molar-refractivity contribution in [2.45, 2.75) is 0 Å². The summed E-state index contributed by atoms with van der Waals surface area (Å²) in [6.07, 6.45) is 3.96. The van der Waals surface area contributed by atoms with Gasteiger partial charge in [-0.1, -0.05) is 6.08 Å². The summed E-state index contributed by atoms with van der Waals surface area (Å²) in [4.78, 5) is 11.0. The number of rotatable bonds is 0. The Labute approximate surface area is 85.6 Å². The second-order valence-corrected chi connectivity index (χ2v) is 3.36. The lowest BCUT2D eigenvalue weighted by molar-refractivity contribution is 0.362. The topological polar surface area (TPSA) is 39.4 Å². The predicted octanol–water partition coefficient (Wildman–Crippen LogP) is 2.20. The summed E-state index contributed by atoms with van der Waals surface area (Å²) < 4.78 is 10.6. The smallest absolute Gasteiger partial charge is 0.336 e. The molecule has 0 N–H and O–H groups in total. The predicted molar refractivity (Wildman–Crippen MR) is 57.0 cm³/mol. The van der Waals surface area contributed by atoms with E-state index >= 15 is 0 Å². The highest BCUT2D eigenvalue weighted by Crippen LogP contribution is 2.31. The molecule has 0 saturated heterocycles. The van der Waals surface area contributed by atoms with Crippen molar-refractivity contribution >= 4 is 17.0 Å². The van der Waals surface area contributed by atoms with Gasteiger partial charge in [-0.15, -0.1) is 0 Å². The molecule has 0 amide bonds. The van der Waals surface area contributed by atoms with Crippen LogP contribution in [0.5, 0.6) is 5.75 Å². The summed E-state index contributed by atoms with van der Waals surface area (Å²) in [6.45, 7) is 0.561. The van der Waals surface area contributed by atoms with Crippen molar-refractivity contribution in [2.75, 3.05) is 6.61 Å². The first-order valence-electron chi connectivity index (χ1n) is 4.71. The van der Waals surface area contributed by atoms with E-state index in [0.717, 1.165) is 16.7 Å². The molecule has 1 aromatic carbocycles. The molecule has 1 aliphatic rings. The zero-order chi connectivity index (χ0) is 10.3. The molecule has 3 rings (SSSR count).